The Balaban J connectivity index is 2.41. The van der Waals surface area contributed by atoms with Crippen molar-refractivity contribution >= 4 is 0 Å². The van der Waals surface area contributed by atoms with Crippen LogP contribution in [0.1, 0.15) is 13.3 Å². The minimum atomic E-state index is -0.368. The Labute approximate surface area is 79.3 Å². The second kappa shape index (κ2) is 5.18. The van der Waals surface area contributed by atoms with E-state index in [1.165, 1.54) is 0 Å². The third kappa shape index (κ3) is 2.96. The van der Waals surface area contributed by atoms with Crippen LogP contribution in [0.2, 0.25) is 0 Å². The number of rotatable bonds is 3. The quantitative estimate of drug-likeness (QED) is 0.666. The third-order valence-corrected chi connectivity index (χ3v) is 2.42. The lowest BCUT2D eigenvalue weighted by atomic mass is 10.1. The Morgan fingerprint density at radius 2 is 2.54 bits per heavy atom. The van der Waals surface area contributed by atoms with Gasteiger partial charge in [0.25, 0.3) is 0 Å². The highest BCUT2D eigenvalue weighted by Crippen LogP contribution is 2.09. The van der Waals surface area contributed by atoms with Crippen molar-refractivity contribution in [3.63, 3.8) is 0 Å². The standard InChI is InChI=1S/C9H17N3O/c1-2-9-7-13-4-3-12(9)6-8(11)5-10/h8-9H,2-4,6-7,11H2,1H3. The molecule has 0 aliphatic carbocycles. The lowest BCUT2D eigenvalue weighted by Gasteiger charge is -2.35. The smallest absolute Gasteiger partial charge is 0.106 e. The molecule has 2 atom stereocenters. The highest BCUT2D eigenvalue weighted by molar-refractivity contribution is 4.90. The summed E-state index contributed by atoms with van der Waals surface area (Å²) in [5, 5.41) is 8.59. The first-order valence-electron chi connectivity index (χ1n) is 4.75. The molecule has 2 unspecified atom stereocenters. The van der Waals surface area contributed by atoms with Gasteiger partial charge in [-0.3, -0.25) is 4.90 Å². The van der Waals surface area contributed by atoms with E-state index in [1.807, 2.05) is 0 Å². The molecule has 1 fully saturated rings. The number of nitrogens with zero attached hydrogens (tertiary/aromatic N) is 2. The average Bonchev–Trinajstić information content (AvgIpc) is 2.18. The number of nitriles is 1. The zero-order chi connectivity index (χ0) is 9.68. The van der Waals surface area contributed by atoms with Crippen LogP contribution in [0, 0.1) is 11.3 Å². The molecule has 1 heterocycles. The molecule has 0 spiro atoms. The van der Waals surface area contributed by atoms with E-state index in [1.54, 1.807) is 0 Å². The second-order valence-electron chi connectivity index (χ2n) is 3.37. The summed E-state index contributed by atoms with van der Waals surface area (Å²) in [4.78, 5) is 2.25. The molecule has 1 aliphatic rings. The summed E-state index contributed by atoms with van der Waals surface area (Å²) in [6.45, 7) is 5.22. The molecule has 0 radical (unpaired) electrons. The molecule has 0 bridgehead atoms. The zero-order valence-corrected chi connectivity index (χ0v) is 8.07. The Morgan fingerprint density at radius 3 is 3.15 bits per heavy atom. The van der Waals surface area contributed by atoms with Gasteiger partial charge in [0, 0.05) is 19.1 Å². The number of nitrogens with two attached hydrogens (primary N) is 1. The summed E-state index contributed by atoms with van der Waals surface area (Å²) in [6, 6.07) is 2.12. The van der Waals surface area contributed by atoms with Crippen LogP contribution in [0.15, 0.2) is 0 Å². The van der Waals surface area contributed by atoms with Crippen molar-refractivity contribution in [1.82, 2.24) is 4.90 Å². The van der Waals surface area contributed by atoms with Gasteiger partial charge in [-0.1, -0.05) is 6.92 Å². The molecule has 1 aliphatic heterocycles. The van der Waals surface area contributed by atoms with Crippen LogP contribution in [-0.4, -0.2) is 43.3 Å². The molecule has 4 heteroatoms. The van der Waals surface area contributed by atoms with Crippen LogP contribution in [0.3, 0.4) is 0 Å². The number of morpholine rings is 1. The predicted octanol–water partition coefficient (Wildman–Crippen LogP) is -0.0519. The maximum absolute atomic E-state index is 8.59. The Morgan fingerprint density at radius 1 is 1.77 bits per heavy atom. The summed E-state index contributed by atoms with van der Waals surface area (Å²) < 4.78 is 5.35. The molecular formula is C9H17N3O. The lowest BCUT2D eigenvalue weighted by Crippen LogP contribution is -2.49. The van der Waals surface area contributed by atoms with Crippen molar-refractivity contribution in [2.75, 3.05) is 26.3 Å². The molecule has 0 aromatic carbocycles. The van der Waals surface area contributed by atoms with Crippen LogP contribution >= 0.6 is 0 Å². The molecule has 1 saturated heterocycles. The predicted molar refractivity (Wildman–Crippen MR) is 50.1 cm³/mol. The Hall–Kier alpha value is -0.630. The Kier molecular flexibility index (Phi) is 4.16. The number of ether oxygens (including phenoxy) is 1. The Bertz CT molecular complexity index is 190. The molecule has 13 heavy (non-hydrogen) atoms. The van der Waals surface area contributed by atoms with Crippen LogP contribution in [0.4, 0.5) is 0 Å². The normalized spacial score (nSPS) is 26.7. The number of hydrogen-bond acceptors (Lipinski definition) is 4. The minimum absolute atomic E-state index is 0.368. The topological polar surface area (TPSA) is 62.3 Å². The molecule has 0 aromatic heterocycles. The van der Waals surface area contributed by atoms with E-state index in [2.05, 4.69) is 17.9 Å². The van der Waals surface area contributed by atoms with E-state index in [4.69, 9.17) is 15.7 Å². The van der Waals surface area contributed by atoms with Gasteiger partial charge in [0.1, 0.15) is 6.04 Å². The molecule has 0 saturated carbocycles. The zero-order valence-electron chi connectivity index (χ0n) is 8.07. The van der Waals surface area contributed by atoms with Crippen LogP contribution in [0.25, 0.3) is 0 Å². The van der Waals surface area contributed by atoms with E-state index in [-0.39, 0.29) is 6.04 Å². The van der Waals surface area contributed by atoms with E-state index >= 15 is 0 Å². The van der Waals surface area contributed by atoms with E-state index in [0.717, 1.165) is 26.2 Å². The van der Waals surface area contributed by atoms with Crippen molar-refractivity contribution in [2.45, 2.75) is 25.4 Å². The van der Waals surface area contributed by atoms with Crippen molar-refractivity contribution < 1.29 is 4.74 Å². The summed E-state index contributed by atoms with van der Waals surface area (Å²) >= 11 is 0. The molecule has 2 N–H and O–H groups in total. The highest BCUT2D eigenvalue weighted by Gasteiger charge is 2.22. The third-order valence-electron chi connectivity index (χ3n) is 2.42. The second-order valence-corrected chi connectivity index (χ2v) is 3.37. The van der Waals surface area contributed by atoms with Crippen LogP contribution in [0.5, 0.6) is 0 Å². The first kappa shape index (κ1) is 10.5. The van der Waals surface area contributed by atoms with Gasteiger partial charge in [-0.05, 0) is 6.42 Å². The molecule has 74 valence electrons. The van der Waals surface area contributed by atoms with Crippen LogP contribution < -0.4 is 5.73 Å². The van der Waals surface area contributed by atoms with Crippen molar-refractivity contribution in [3.8, 4) is 6.07 Å². The fourth-order valence-corrected chi connectivity index (χ4v) is 1.60. The first-order valence-corrected chi connectivity index (χ1v) is 4.75. The first-order chi connectivity index (χ1) is 6.27. The molecule has 0 amide bonds. The van der Waals surface area contributed by atoms with Gasteiger partial charge in [0.05, 0.1) is 19.3 Å². The minimum Gasteiger partial charge on any atom is -0.378 e. The van der Waals surface area contributed by atoms with Crippen molar-refractivity contribution in [2.24, 2.45) is 5.73 Å². The monoisotopic (exact) mass is 183 g/mol. The van der Waals surface area contributed by atoms with E-state index in [0.29, 0.717) is 12.6 Å². The highest BCUT2D eigenvalue weighted by atomic mass is 16.5. The van der Waals surface area contributed by atoms with Gasteiger partial charge in [-0.2, -0.15) is 5.26 Å². The average molecular weight is 183 g/mol. The van der Waals surface area contributed by atoms with Gasteiger partial charge < -0.3 is 10.5 Å². The van der Waals surface area contributed by atoms with Gasteiger partial charge in [-0.15, -0.1) is 0 Å². The fourth-order valence-electron chi connectivity index (χ4n) is 1.60. The lowest BCUT2D eigenvalue weighted by molar-refractivity contribution is -0.00905. The SMILES string of the molecule is CCC1COCCN1CC(N)C#N. The van der Waals surface area contributed by atoms with Gasteiger partial charge >= 0.3 is 0 Å². The fraction of sp³-hybridized carbons (Fsp3) is 0.889. The maximum atomic E-state index is 8.59. The maximum Gasteiger partial charge on any atom is 0.106 e. The van der Waals surface area contributed by atoms with Gasteiger partial charge in [0.15, 0.2) is 0 Å². The largest absolute Gasteiger partial charge is 0.378 e. The summed E-state index contributed by atoms with van der Waals surface area (Å²) in [5.74, 6) is 0. The van der Waals surface area contributed by atoms with Crippen molar-refractivity contribution in [3.05, 3.63) is 0 Å². The summed E-state index contributed by atoms with van der Waals surface area (Å²) in [5.41, 5.74) is 5.58. The van der Waals surface area contributed by atoms with E-state index < -0.39 is 0 Å². The van der Waals surface area contributed by atoms with Gasteiger partial charge in [-0.25, -0.2) is 0 Å². The molecule has 0 aromatic rings. The molecule has 4 nitrogen and oxygen atoms in total. The van der Waals surface area contributed by atoms with Crippen molar-refractivity contribution in [1.29, 1.82) is 5.26 Å². The summed E-state index contributed by atoms with van der Waals surface area (Å²) in [6.07, 6.45) is 1.05. The molecular weight excluding hydrogens is 166 g/mol. The van der Waals surface area contributed by atoms with Gasteiger partial charge in [0.2, 0.25) is 0 Å². The van der Waals surface area contributed by atoms with E-state index in [9.17, 15) is 0 Å². The van der Waals surface area contributed by atoms with Crippen LogP contribution in [-0.2, 0) is 4.74 Å². The summed E-state index contributed by atoms with van der Waals surface area (Å²) in [7, 11) is 0. The molecule has 1 rings (SSSR count). The number of hydrogen-bond donors (Lipinski definition) is 1.